The molecule has 6 nitrogen and oxygen atoms in total. The van der Waals surface area contributed by atoms with Crippen LogP contribution in [0.5, 0.6) is 0 Å². The molecule has 0 rings (SSSR count). The third kappa shape index (κ3) is 52.3. The first-order valence-corrected chi connectivity index (χ1v) is 28.6. The van der Waals surface area contributed by atoms with Gasteiger partial charge in [0.05, 0.1) is 0 Å². The first kappa shape index (κ1) is 63.4. The predicted octanol–water partition coefficient (Wildman–Crippen LogP) is 19.0. The van der Waals surface area contributed by atoms with Crippen LogP contribution in [0.4, 0.5) is 0 Å². The van der Waals surface area contributed by atoms with Gasteiger partial charge < -0.3 is 14.2 Å². The fourth-order valence-electron chi connectivity index (χ4n) is 8.17. The Morgan fingerprint density at radius 2 is 0.545 bits per heavy atom. The van der Waals surface area contributed by atoms with Crippen LogP contribution in [0.25, 0.3) is 0 Å². The summed E-state index contributed by atoms with van der Waals surface area (Å²) < 4.78 is 16.8. The third-order valence-electron chi connectivity index (χ3n) is 12.5. The van der Waals surface area contributed by atoms with Gasteiger partial charge in [0, 0.05) is 19.3 Å². The molecule has 0 unspecified atom stereocenters. The number of unbranched alkanes of at least 4 members (excludes halogenated alkanes) is 33. The van der Waals surface area contributed by atoms with E-state index in [1.165, 1.54) is 167 Å². The molecule has 384 valence electrons. The van der Waals surface area contributed by atoms with Crippen molar-refractivity contribution in [3.8, 4) is 0 Å². The third-order valence-corrected chi connectivity index (χ3v) is 12.5. The van der Waals surface area contributed by atoms with Crippen LogP contribution in [0.1, 0.15) is 297 Å². The maximum absolute atomic E-state index is 12.8. The highest BCUT2D eigenvalue weighted by atomic mass is 16.6. The van der Waals surface area contributed by atoms with Crippen molar-refractivity contribution >= 4 is 17.9 Å². The molecule has 0 radical (unpaired) electrons. The molecule has 0 N–H and O–H groups in total. The largest absolute Gasteiger partial charge is 0.462 e. The fourth-order valence-corrected chi connectivity index (χ4v) is 8.17. The number of hydrogen-bond donors (Lipinski definition) is 0. The standard InChI is InChI=1S/C60H108O6/c1-4-7-10-13-16-19-22-25-28-29-30-31-33-35-38-41-44-47-50-53-59(62)65-56-57(55-64-58(61)52-49-46-43-40-37-34-27-24-21-18-15-12-9-6-3)66-60(63)54-51-48-45-42-39-36-32-26-23-20-17-14-11-8-5-2/h17,20,24-28,32,57H,4-16,18-19,21-23,29-31,33-56H2,1-3H3/b20-17+,27-24+,28-25+,32-26+/t57-/m1/s1. The molecule has 0 aliphatic carbocycles. The number of hydrogen-bond acceptors (Lipinski definition) is 6. The minimum atomic E-state index is -0.783. The summed E-state index contributed by atoms with van der Waals surface area (Å²) in [4.78, 5) is 38.1. The zero-order chi connectivity index (χ0) is 47.9. The van der Waals surface area contributed by atoms with Crippen LogP contribution in [0.3, 0.4) is 0 Å². The van der Waals surface area contributed by atoms with E-state index < -0.39 is 6.10 Å². The highest BCUT2D eigenvalue weighted by Gasteiger charge is 2.19. The van der Waals surface area contributed by atoms with Gasteiger partial charge in [0.1, 0.15) is 13.2 Å². The summed E-state index contributed by atoms with van der Waals surface area (Å²) in [6, 6.07) is 0. The highest BCUT2D eigenvalue weighted by molar-refractivity contribution is 5.71. The Labute approximate surface area is 409 Å². The van der Waals surface area contributed by atoms with Crippen molar-refractivity contribution in [1.82, 2.24) is 0 Å². The van der Waals surface area contributed by atoms with Crippen molar-refractivity contribution in [2.45, 2.75) is 303 Å². The Bertz CT molecular complexity index is 1150. The number of allylic oxidation sites excluding steroid dienone is 8. The van der Waals surface area contributed by atoms with Crippen LogP contribution in [0, 0.1) is 0 Å². The number of esters is 3. The van der Waals surface area contributed by atoms with E-state index in [4.69, 9.17) is 14.2 Å². The van der Waals surface area contributed by atoms with Gasteiger partial charge in [-0.15, -0.1) is 0 Å². The molecule has 0 saturated heterocycles. The lowest BCUT2D eigenvalue weighted by Crippen LogP contribution is -2.30. The van der Waals surface area contributed by atoms with Crippen LogP contribution in [-0.2, 0) is 28.6 Å². The van der Waals surface area contributed by atoms with Crippen LogP contribution in [0.2, 0.25) is 0 Å². The maximum atomic E-state index is 12.8. The van der Waals surface area contributed by atoms with Gasteiger partial charge in [0.2, 0.25) is 0 Å². The second kappa shape index (κ2) is 55.0. The van der Waals surface area contributed by atoms with Crippen molar-refractivity contribution in [2.75, 3.05) is 13.2 Å². The van der Waals surface area contributed by atoms with E-state index in [2.05, 4.69) is 69.4 Å². The molecule has 0 spiro atoms. The molecule has 1 atom stereocenters. The van der Waals surface area contributed by atoms with Gasteiger partial charge in [-0.25, -0.2) is 0 Å². The minimum Gasteiger partial charge on any atom is -0.462 e. The van der Waals surface area contributed by atoms with Crippen LogP contribution >= 0.6 is 0 Å². The smallest absolute Gasteiger partial charge is 0.306 e. The number of carbonyl (C=O) groups is 3. The van der Waals surface area contributed by atoms with E-state index in [1.807, 2.05) is 0 Å². The van der Waals surface area contributed by atoms with E-state index in [9.17, 15) is 14.4 Å². The zero-order valence-corrected chi connectivity index (χ0v) is 44.0. The van der Waals surface area contributed by atoms with Gasteiger partial charge in [-0.1, -0.05) is 223 Å². The normalized spacial score (nSPS) is 12.3. The second-order valence-corrected chi connectivity index (χ2v) is 19.2. The quantitative estimate of drug-likeness (QED) is 0.0262. The lowest BCUT2D eigenvalue weighted by molar-refractivity contribution is -0.167. The molecule has 0 amide bonds. The summed E-state index contributed by atoms with van der Waals surface area (Å²) in [6.07, 6.45) is 66.7. The summed E-state index contributed by atoms with van der Waals surface area (Å²) in [7, 11) is 0. The van der Waals surface area contributed by atoms with Gasteiger partial charge in [-0.05, 0) is 103 Å². The summed E-state index contributed by atoms with van der Waals surface area (Å²) in [5.41, 5.74) is 0. The van der Waals surface area contributed by atoms with E-state index in [1.54, 1.807) is 0 Å². The average molecular weight is 926 g/mol. The van der Waals surface area contributed by atoms with Crippen LogP contribution < -0.4 is 0 Å². The highest BCUT2D eigenvalue weighted by Crippen LogP contribution is 2.15. The lowest BCUT2D eigenvalue weighted by atomic mass is 10.1. The van der Waals surface area contributed by atoms with Crippen molar-refractivity contribution in [3.63, 3.8) is 0 Å². The van der Waals surface area contributed by atoms with Gasteiger partial charge in [-0.3, -0.25) is 14.4 Å². The van der Waals surface area contributed by atoms with Gasteiger partial charge in [-0.2, -0.15) is 0 Å². The van der Waals surface area contributed by atoms with E-state index in [-0.39, 0.29) is 31.1 Å². The van der Waals surface area contributed by atoms with E-state index in [0.29, 0.717) is 19.3 Å². The topological polar surface area (TPSA) is 78.9 Å². The molecule has 0 saturated carbocycles. The Kier molecular flexibility index (Phi) is 52.8. The molecule has 0 bridgehead atoms. The summed E-state index contributed by atoms with van der Waals surface area (Å²) in [5.74, 6) is -0.894. The molecule has 0 aromatic rings. The molecule has 0 aliphatic heterocycles. The number of ether oxygens (including phenoxy) is 3. The molecule has 0 aromatic heterocycles. The Balaban J connectivity index is 4.37. The van der Waals surface area contributed by atoms with Crippen molar-refractivity contribution in [2.24, 2.45) is 0 Å². The molecule has 0 aromatic carbocycles. The molecule has 0 heterocycles. The number of carbonyl (C=O) groups excluding carboxylic acids is 3. The molecule has 6 heteroatoms. The van der Waals surface area contributed by atoms with Gasteiger partial charge in [0.15, 0.2) is 6.10 Å². The van der Waals surface area contributed by atoms with Crippen LogP contribution in [0.15, 0.2) is 48.6 Å². The van der Waals surface area contributed by atoms with E-state index >= 15 is 0 Å². The monoisotopic (exact) mass is 925 g/mol. The number of rotatable bonds is 52. The first-order chi connectivity index (χ1) is 32.5. The Morgan fingerprint density at radius 3 is 0.879 bits per heavy atom. The Hall–Kier alpha value is -2.63. The van der Waals surface area contributed by atoms with Crippen molar-refractivity contribution in [1.29, 1.82) is 0 Å². The fraction of sp³-hybridized carbons (Fsp3) is 0.817. The maximum Gasteiger partial charge on any atom is 0.306 e. The summed E-state index contributed by atoms with van der Waals surface area (Å²) in [6.45, 7) is 6.61. The van der Waals surface area contributed by atoms with Gasteiger partial charge >= 0.3 is 17.9 Å². The summed E-state index contributed by atoms with van der Waals surface area (Å²) in [5, 5.41) is 0. The molecule has 0 aliphatic rings. The second-order valence-electron chi connectivity index (χ2n) is 19.2. The molecular weight excluding hydrogens is 817 g/mol. The van der Waals surface area contributed by atoms with Gasteiger partial charge in [0.25, 0.3) is 0 Å². The van der Waals surface area contributed by atoms with E-state index in [0.717, 1.165) is 89.9 Å². The van der Waals surface area contributed by atoms with Crippen LogP contribution in [-0.4, -0.2) is 37.2 Å². The average Bonchev–Trinajstić information content (AvgIpc) is 3.31. The zero-order valence-electron chi connectivity index (χ0n) is 44.0. The minimum absolute atomic E-state index is 0.0811. The first-order valence-electron chi connectivity index (χ1n) is 28.6. The molecule has 0 fully saturated rings. The van der Waals surface area contributed by atoms with Crippen molar-refractivity contribution in [3.05, 3.63) is 48.6 Å². The molecule has 66 heavy (non-hydrogen) atoms. The lowest BCUT2D eigenvalue weighted by Gasteiger charge is -2.18. The SMILES string of the molecule is CCCCC/C=C/C/C=C/CCCCCCCC(=O)O[C@H](COC(=O)CCCCCCC/C=C/CCCCCCC)COC(=O)CCCCCCCCCCC/C=C/CCCCCCCC. The molecular formula is C60H108O6. The summed E-state index contributed by atoms with van der Waals surface area (Å²) >= 11 is 0. The van der Waals surface area contributed by atoms with Crippen molar-refractivity contribution < 1.29 is 28.6 Å². The predicted molar refractivity (Wildman–Crippen MR) is 284 cm³/mol. The Morgan fingerprint density at radius 1 is 0.303 bits per heavy atom.